The first-order valence-electron chi connectivity index (χ1n) is 6.71. The molecule has 21 heavy (non-hydrogen) atoms. The summed E-state index contributed by atoms with van der Waals surface area (Å²) in [6, 6.07) is 7.25. The molecule has 0 spiro atoms. The first kappa shape index (κ1) is 13.4. The maximum absolute atomic E-state index is 9.63. The Morgan fingerprint density at radius 3 is 2.71 bits per heavy atom. The first-order chi connectivity index (χ1) is 10.1. The van der Waals surface area contributed by atoms with Crippen LogP contribution in [0.15, 0.2) is 36.9 Å². The fourth-order valence-electron chi connectivity index (χ4n) is 2.40. The Morgan fingerprint density at radius 1 is 1.19 bits per heavy atom. The molecule has 6 nitrogen and oxygen atoms in total. The van der Waals surface area contributed by atoms with Gasteiger partial charge < -0.3 is 14.6 Å². The monoisotopic (exact) mass is 283 g/mol. The summed E-state index contributed by atoms with van der Waals surface area (Å²) in [5.41, 5.74) is 2.55. The van der Waals surface area contributed by atoms with Crippen molar-refractivity contribution in [2.45, 2.75) is 13.0 Å². The van der Waals surface area contributed by atoms with Crippen LogP contribution >= 0.6 is 0 Å². The number of aromatic nitrogens is 4. The van der Waals surface area contributed by atoms with E-state index in [4.69, 9.17) is 0 Å². The van der Waals surface area contributed by atoms with Crippen LogP contribution in [0.5, 0.6) is 5.75 Å². The molecule has 0 aliphatic heterocycles. The topological polar surface area (TPSA) is 67.1 Å². The molecular formula is C15H17N5O. The number of aromatic hydroxyl groups is 1. The molecule has 0 aliphatic rings. The number of anilines is 1. The average Bonchev–Trinajstić information content (AvgIpc) is 2.90. The summed E-state index contributed by atoms with van der Waals surface area (Å²) in [4.78, 5) is 15.0. The maximum atomic E-state index is 9.63. The number of hydrogen-bond acceptors (Lipinski definition) is 5. The van der Waals surface area contributed by atoms with Crippen LogP contribution in [0.4, 0.5) is 5.82 Å². The van der Waals surface area contributed by atoms with E-state index in [2.05, 4.69) is 15.0 Å². The van der Waals surface area contributed by atoms with Crippen LogP contribution in [0.2, 0.25) is 0 Å². The highest BCUT2D eigenvalue weighted by Crippen LogP contribution is 2.26. The van der Waals surface area contributed by atoms with Crippen molar-refractivity contribution < 1.29 is 5.11 Å². The summed E-state index contributed by atoms with van der Waals surface area (Å²) in [7, 11) is 3.86. The van der Waals surface area contributed by atoms with Crippen molar-refractivity contribution in [2.24, 2.45) is 0 Å². The van der Waals surface area contributed by atoms with Crippen molar-refractivity contribution >= 4 is 17.0 Å². The summed E-state index contributed by atoms with van der Waals surface area (Å²) in [6.07, 6.45) is 3.31. The van der Waals surface area contributed by atoms with E-state index in [-0.39, 0.29) is 11.8 Å². The lowest BCUT2D eigenvalue weighted by Gasteiger charge is -2.15. The molecule has 6 heteroatoms. The van der Waals surface area contributed by atoms with E-state index in [1.165, 1.54) is 0 Å². The zero-order chi connectivity index (χ0) is 15.0. The lowest BCUT2D eigenvalue weighted by atomic mass is 10.1. The summed E-state index contributed by atoms with van der Waals surface area (Å²) >= 11 is 0. The number of imidazole rings is 1. The van der Waals surface area contributed by atoms with Gasteiger partial charge in [0.2, 0.25) is 0 Å². The van der Waals surface area contributed by atoms with Crippen molar-refractivity contribution in [3.63, 3.8) is 0 Å². The van der Waals surface area contributed by atoms with E-state index in [0.29, 0.717) is 0 Å². The molecule has 0 radical (unpaired) electrons. The van der Waals surface area contributed by atoms with Gasteiger partial charge in [0, 0.05) is 14.1 Å². The van der Waals surface area contributed by atoms with Crippen molar-refractivity contribution in [2.75, 3.05) is 19.0 Å². The minimum absolute atomic E-state index is 0.0204. The number of nitrogens with zero attached hydrogens (tertiary/aromatic N) is 5. The number of rotatable bonds is 3. The SMILES string of the molecule is C[C@H](c1cccc(O)c1)n1cnc2c(N(C)C)ncnc21. The molecule has 108 valence electrons. The zero-order valence-corrected chi connectivity index (χ0v) is 12.2. The maximum Gasteiger partial charge on any atom is 0.165 e. The molecule has 1 aromatic carbocycles. The van der Waals surface area contributed by atoms with E-state index < -0.39 is 0 Å². The standard InChI is InChI=1S/C15H17N5O/c1-10(11-5-4-6-12(21)7-11)20-9-18-13-14(19(2)3)16-8-17-15(13)20/h4-10,21H,1-3H3/t10-/m1/s1. The predicted octanol–water partition coefficient (Wildman–Crippen LogP) is 2.21. The molecule has 3 aromatic rings. The molecule has 0 bridgehead atoms. The van der Waals surface area contributed by atoms with E-state index in [1.54, 1.807) is 24.8 Å². The van der Waals surface area contributed by atoms with Gasteiger partial charge in [-0.2, -0.15) is 0 Å². The highest BCUT2D eigenvalue weighted by Gasteiger charge is 2.16. The molecule has 1 atom stereocenters. The summed E-state index contributed by atoms with van der Waals surface area (Å²) < 4.78 is 1.98. The van der Waals surface area contributed by atoms with Crippen molar-refractivity contribution in [3.05, 3.63) is 42.5 Å². The molecular weight excluding hydrogens is 266 g/mol. The quantitative estimate of drug-likeness (QED) is 0.798. The number of phenols is 1. The first-order valence-corrected chi connectivity index (χ1v) is 6.71. The van der Waals surface area contributed by atoms with Crippen LogP contribution in [0, 0.1) is 0 Å². The lowest BCUT2D eigenvalue weighted by molar-refractivity contribution is 0.473. The van der Waals surface area contributed by atoms with Crippen LogP contribution in [0.1, 0.15) is 18.5 Å². The van der Waals surface area contributed by atoms with Gasteiger partial charge in [-0.05, 0) is 24.6 Å². The molecule has 0 amide bonds. The molecule has 1 N–H and O–H groups in total. The Kier molecular flexibility index (Phi) is 3.21. The van der Waals surface area contributed by atoms with Gasteiger partial charge in [0.25, 0.3) is 0 Å². The Morgan fingerprint density at radius 2 is 2.00 bits per heavy atom. The second kappa shape index (κ2) is 5.05. The van der Waals surface area contributed by atoms with Gasteiger partial charge in [0.05, 0.1) is 12.4 Å². The van der Waals surface area contributed by atoms with Gasteiger partial charge in [-0.1, -0.05) is 12.1 Å². The number of hydrogen-bond donors (Lipinski definition) is 1. The van der Waals surface area contributed by atoms with Gasteiger partial charge in [0.15, 0.2) is 17.0 Å². The van der Waals surface area contributed by atoms with E-state index in [1.807, 2.05) is 42.6 Å². The Labute approximate surface area is 122 Å². The Hall–Kier alpha value is -2.63. The molecule has 0 aliphatic carbocycles. The van der Waals surface area contributed by atoms with Crippen molar-refractivity contribution in [1.82, 2.24) is 19.5 Å². The highest BCUT2D eigenvalue weighted by atomic mass is 16.3. The van der Waals surface area contributed by atoms with Gasteiger partial charge in [-0.15, -0.1) is 0 Å². The number of benzene rings is 1. The van der Waals surface area contributed by atoms with Gasteiger partial charge in [0.1, 0.15) is 12.1 Å². The zero-order valence-electron chi connectivity index (χ0n) is 12.2. The third kappa shape index (κ3) is 2.29. The number of fused-ring (bicyclic) bond motifs is 1. The second-order valence-electron chi connectivity index (χ2n) is 5.19. The molecule has 0 fully saturated rings. The van der Waals surface area contributed by atoms with Crippen molar-refractivity contribution in [1.29, 1.82) is 0 Å². The van der Waals surface area contributed by atoms with E-state index in [0.717, 1.165) is 22.5 Å². The van der Waals surface area contributed by atoms with Crippen molar-refractivity contribution in [3.8, 4) is 5.75 Å². The minimum Gasteiger partial charge on any atom is -0.508 e. The molecule has 0 unspecified atom stereocenters. The molecule has 2 aromatic heterocycles. The van der Waals surface area contributed by atoms with Crippen LogP contribution in [-0.2, 0) is 0 Å². The smallest absolute Gasteiger partial charge is 0.165 e. The summed E-state index contributed by atoms with van der Waals surface area (Å²) in [5.74, 6) is 1.05. The van der Waals surface area contributed by atoms with Crippen LogP contribution < -0.4 is 4.90 Å². The van der Waals surface area contributed by atoms with Gasteiger partial charge in [-0.3, -0.25) is 0 Å². The van der Waals surface area contributed by atoms with E-state index >= 15 is 0 Å². The van der Waals surface area contributed by atoms with Crippen LogP contribution in [0.3, 0.4) is 0 Å². The molecule has 0 saturated carbocycles. The normalized spacial score (nSPS) is 12.5. The third-order valence-electron chi connectivity index (χ3n) is 3.53. The Bertz CT molecular complexity index is 781. The Balaban J connectivity index is 2.11. The van der Waals surface area contributed by atoms with Crippen LogP contribution in [-0.4, -0.2) is 38.7 Å². The summed E-state index contributed by atoms with van der Waals surface area (Å²) in [5, 5.41) is 9.63. The predicted molar refractivity (Wildman–Crippen MR) is 81.6 cm³/mol. The molecule has 3 rings (SSSR count). The molecule has 2 heterocycles. The summed E-state index contributed by atoms with van der Waals surface area (Å²) in [6.45, 7) is 2.05. The fraction of sp³-hybridized carbons (Fsp3) is 0.267. The minimum atomic E-state index is 0.0204. The third-order valence-corrected chi connectivity index (χ3v) is 3.53. The van der Waals surface area contributed by atoms with Gasteiger partial charge >= 0.3 is 0 Å². The second-order valence-corrected chi connectivity index (χ2v) is 5.19. The lowest BCUT2D eigenvalue weighted by Crippen LogP contribution is -2.12. The number of phenolic OH excluding ortho intramolecular Hbond substituents is 1. The highest BCUT2D eigenvalue weighted by molar-refractivity contribution is 5.83. The molecule has 0 saturated heterocycles. The fourth-order valence-corrected chi connectivity index (χ4v) is 2.40. The van der Waals surface area contributed by atoms with Crippen LogP contribution in [0.25, 0.3) is 11.2 Å². The van der Waals surface area contributed by atoms with E-state index in [9.17, 15) is 5.11 Å². The largest absolute Gasteiger partial charge is 0.508 e. The van der Waals surface area contributed by atoms with Gasteiger partial charge in [-0.25, -0.2) is 15.0 Å². The average molecular weight is 283 g/mol.